The van der Waals surface area contributed by atoms with Crippen molar-refractivity contribution in [1.29, 1.82) is 0 Å². The minimum absolute atomic E-state index is 0.0873. The highest BCUT2D eigenvalue weighted by Gasteiger charge is 2.23. The molecule has 0 aromatic carbocycles. The normalized spacial score (nSPS) is 13.5. The Balaban J connectivity index is 3.63. The van der Waals surface area contributed by atoms with Crippen molar-refractivity contribution in [1.82, 2.24) is 5.32 Å². The Morgan fingerprint density at radius 3 is 1.51 bits per heavy atom. The quantitative estimate of drug-likeness (QED) is 0.0371. The van der Waals surface area contributed by atoms with Crippen molar-refractivity contribution in [2.75, 3.05) is 26.4 Å². The third-order valence-corrected chi connectivity index (χ3v) is 8.52. The van der Waals surface area contributed by atoms with Crippen LogP contribution in [0.25, 0.3) is 0 Å². The van der Waals surface area contributed by atoms with Gasteiger partial charge in [-0.05, 0) is 12.8 Å². The number of amides is 1. The predicted molar refractivity (Wildman–Crippen MR) is 174 cm³/mol. The molecule has 0 saturated heterocycles. The number of hydrogen-bond acceptors (Lipinski definition) is 7. The van der Waals surface area contributed by atoms with E-state index in [9.17, 15) is 24.2 Å². The van der Waals surface area contributed by atoms with E-state index in [0.29, 0.717) is 6.42 Å². The molecule has 0 fully saturated rings. The topological polar surface area (TPSA) is 131 Å². The number of carbonyl (C=O) groups excluding carboxylic acids is 2. The summed E-state index contributed by atoms with van der Waals surface area (Å²) in [6, 6.07) is 0. The van der Waals surface area contributed by atoms with E-state index in [1.807, 2.05) is 0 Å². The van der Waals surface area contributed by atoms with Crippen LogP contribution in [-0.4, -0.2) is 54.3 Å². The van der Waals surface area contributed by atoms with Gasteiger partial charge in [-0.25, -0.2) is 4.57 Å². The summed E-state index contributed by atoms with van der Waals surface area (Å²) >= 11 is 0. The summed E-state index contributed by atoms with van der Waals surface area (Å²) in [4.78, 5) is 33.6. The summed E-state index contributed by atoms with van der Waals surface area (Å²) in [6.07, 6.45) is 26.0. The number of nitrogens with one attached hydrogen (secondary N) is 1. The van der Waals surface area contributed by atoms with Crippen molar-refractivity contribution in [3.63, 3.8) is 0 Å². The van der Waals surface area contributed by atoms with Crippen LogP contribution < -0.4 is 5.32 Å². The molecule has 0 aliphatic heterocycles. The van der Waals surface area contributed by atoms with Gasteiger partial charge >= 0.3 is 13.8 Å². The zero-order chi connectivity index (χ0) is 31.9. The number of rotatable bonds is 33. The number of hydrogen-bond donors (Lipinski definition) is 3. The first-order valence-corrected chi connectivity index (χ1v) is 19.0. The lowest BCUT2D eigenvalue weighted by molar-refractivity contribution is -0.147. The lowest BCUT2D eigenvalue weighted by Gasteiger charge is -2.15. The van der Waals surface area contributed by atoms with Gasteiger partial charge in [-0.2, -0.15) is 0 Å². The Bertz CT molecular complexity index is 694. The Hall–Kier alpha value is -0.990. The molecule has 0 rings (SSSR count). The Labute approximate surface area is 263 Å². The zero-order valence-corrected chi connectivity index (χ0v) is 28.6. The third-order valence-electron chi connectivity index (χ3n) is 7.54. The molecule has 0 bridgehead atoms. The monoisotopic (exact) mass is 635 g/mol. The summed E-state index contributed by atoms with van der Waals surface area (Å²) in [5.41, 5.74) is 0. The van der Waals surface area contributed by atoms with E-state index in [2.05, 4.69) is 19.2 Å². The minimum atomic E-state index is -4.39. The molecule has 9 nitrogen and oxygen atoms in total. The minimum Gasteiger partial charge on any atom is -0.463 e. The number of carbonyl (C=O) groups is 2. The van der Waals surface area contributed by atoms with Crippen LogP contribution in [0.4, 0.5) is 0 Å². The van der Waals surface area contributed by atoms with E-state index in [1.165, 1.54) is 103 Å². The average Bonchev–Trinajstić information content (AvgIpc) is 2.98. The molecule has 1 amide bonds. The molecule has 0 spiro atoms. The molecule has 2 atom stereocenters. The van der Waals surface area contributed by atoms with Gasteiger partial charge in [-0.1, -0.05) is 142 Å². The molecular weight excluding hydrogens is 569 g/mol. The molecule has 0 radical (unpaired) electrons. The van der Waals surface area contributed by atoms with E-state index in [1.54, 1.807) is 0 Å². The maximum Gasteiger partial charge on any atom is 0.472 e. The molecule has 0 saturated carbocycles. The van der Waals surface area contributed by atoms with Gasteiger partial charge in [0.05, 0.1) is 13.2 Å². The van der Waals surface area contributed by atoms with E-state index in [0.717, 1.165) is 38.5 Å². The smallest absolute Gasteiger partial charge is 0.463 e. The van der Waals surface area contributed by atoms with Crippen molar-refractivity contribution in [2.24, 2.45) is 0 Å². The number of aliphatic hydroxyl groups excluding tert-OH is 1. The van der Waals surface area contributed by atoms with Gasteiger partial charge in [0.15, 0.2) is 0 Å². The molecule has 0 aliphatic carbocycles. The second-order valence-corrected chi connectivity index (χ2v) is 13.3. The van der Waals surface area contributed by atoms with E-state index >= 15 is 0 Å². The van der Waals surface area contributed by atoms with Crippen molar-refractivity contribution >= 4 is 19.7 Å². The molecule has 43 heavy (non-hydrogen) atoms. The largest absolute Gasteiger partial charge is 0.472 e. The lowest BCUT2D eigenvalue weighted by atomic mass is 10.1. The molecule has 0 heterocycles. The molecule has 256 valence electrons. The van der Waals surface area contributed by atoms with Crippen LogP contribution in [-0.2, 0) is 27.9 Å². The van der Waals surface area contributed by atoms with Crippen LogP contribution in [0.15, 0.2) is 0 Å². The number of phosphoric ester groups is 1. The standard InChI is InChI=1S/C33H66NO8P/c1-3-5-7-9-11-13-15-17-19-21-23-25-32(36)34-27-28-41-43(38,39)42-30-31(35)29-40-33(37)26-24-22-20-18-16-14-12-10-8-6-4-2/h31,35H,3-30H2,1-2H3,(H,34,36)(H,38,39). The number of aliphatic hydroxyl groups is 1. The molecular formula is C33H66NO8P. The van der Waals surface area contributed by atoms with Crippen LogP contribution in [0.5, 0.6) is 0 Å². The van der Waals surface area contributed by atoms with Gasteiger partial charge in [0.25, 0.3) is 0 Å². The Morgan fingerprint density at radius 2 is 1.05 bits per heavy atom. The predicted octanol–water partition coefficient (Wildman–Crippen LogP) is 8.54. The average molecular weight is 636 g/mol. The van der Waals surface area contributed by atoms with Crippen LogP contribution in [0, 0.1) is 0 Å². The highest BCUT2D eigenvalue weighted by atomic mass is 31.2. The first-order valence-electron chi connectivity index (χ1n) is 17.5. The van der Waals surface area contributed by atoms with E-state index in [-0.39, 0.29) is 32.1 Å². The van der Waals surface area contributed by atoms with Crippen molar-refractivity contribution in [3.05, 3.63) is 0 Å². The maximum absolute atomic E-state index is 12.0. The summed E-state index contributed by atoms with van der Waals surface area (Å²) in [5.74, 6) is -0.513. The first-order chi connectivity index (χ1) is 20.8. The van der Waals surface area contributed by atoms with Gasteiger partial charge in [0, 0.05) is 19.4 Å². The Morgan fingerprint density at radius 1 is 0.628 bits per heavy atom. The summed E-state index contributed by atoms with van der Waals surface area (Å²) in [6.45, 7) is 3.53. The maximum atomic E-state index is 12.0. The fourth-order valence-electron chi connectivity index (χ4n) is 4.85. The molecule has 10 heteroatoms. The number of esters is 1. The van der Waals surface area contributed by atoms with Crippen LogP contribution in [0.3, 0.4) is 0 Å². The number of phosphoric acid groups is 1. The number of ether oxygens (including phenoxy) is 1. The van der Waals surface area contributed by atoms with Gasteiger partial charge in [-0.15, -0.1) is 0 Å². The van der Waals surface area contributed by atoms with E-state index < -0.39 is 26.5 Å². The number of unbranched alkanes of at least 4 members (excludes halogenated alkanes) is 20. The fourth-order valence-corrected chi connectivity index (χ4v) is 5.61. The summed E-state index contributed by atoms with van der Waals surface area (Å²) in [5, 5.41) is 12.6. The lowest BCUT2D eigenvalue weighted by Crippen LogP contribution is -2.27. The van der Waals surface area contributed by atoms with Crippen molar-refractivity contribution < 1.29 is 37.9 Å². The fraction of sp³-hybridized carbons (Fsp3) is 0.939. The Kier molecular flexibility index (Phi) is 30.3. The van der Waals surface area contributed by atoms with Gasteiger partial charge in [-0.3, -0.25) is 18.6 Å². The SMILES string of the molecule is CCCCCCCCCCCCCC(=O)NCCOP(=O)(O)OCC(O)COC(=O)CCCCCCCCCCCCC. The van der Waals surface area contributed by atoms with Crippen LogP contribution in [0.1, 0.15) is 168 Å². The highest BCUT2D eigenvalue weighted by molar-refractivity contribution is 7.47. The third kappa shape index (κ3) is 32.2. The molecule has 2 unspecified atom stereocenters. The van der Waals surface area contributed by atoms with Gasteiger partial charge in [0.2, 0.25) is 5.91 Å². The van der Waals surface area contributed by atoms with Crippen molar-refractivity contribution in [3.8, 4) is 0 Å². The summed E-state index contributed by atoms with van der Waals surface area (Å²) in [7, 11) is -4.39. The van der Waals surface area contributed by atoms with Gasteiger partial charge < -0.3 is 20.1 Å². The molecule has 0 aliphatic rings. The molecule has 3 N–H and O–H groups in total. The molecule has 0 aromatic rings. The second-order valence-electron chi connectivity index (χ2n) is 11.9. The first kappa shape index (κ1) is 42.0. The van der Waals surface area contributed by atoms with Crippen LogP contribution in [0.2, 0.25) is 0 Å². The zero-order valence-electron chi connectivity index (χ0n) is 27.7. The highest BCUT2D eigenvalue weighted by Crippen LogP contribution is 2.42. The van der Waals surface area contributed by atoms with Crippen LogP contribution >= 0.6 is 7.82 Å². The van der Waals surface area contributed by atoms with E-state index in [4.69, 9.17) is 13.8 Å². The second kappa shape index (κ2) is 31.0. The van der Waals surface area contributed by atoms with Crippen molar-refractivity contribution in [2.45, 2.75) is 174 Å². The summed E-state index contributed by atoms with van der Waals surface area (Å²) < 4.78 is 26.7. The van der Waals surface area contributed by atoms with Gasteiger partial charge in [0.1, 0.15) is 12.7 Å². The molecule has 0 aromatic heterocycles.